The predicted octanol–water partition coefficient (Wildman–Crippen LogP) is 3.18. The maximum Gasteiger partial charge on any atom is 0.238 e. The average Bonchev–Trinajstić information content (AvgIpc) is 2.79. The van der Waals surface area contributed by atoms with Gasteiger partial charge < -0.3 is 10.6 Å². The van der Waals surface area contributed by atoms with Crippen LogP contribution >= 0.6 is 0 Å². The van der Waals surface area contributed by atoms with Gasteiger partial charge in [0.25, 0.3) is 0 Å². The van der Waals surface area contributed by atoms with Crippen molar-refractivity contribution in [2.24, 2.45) is 11.8 Å². The lowest BCUT2D eigenvalue weighted by atomic mass is 9.93. The number of carbonyl (C=O) groups excluding carboxylic acids is 1. The summed E-state index contributed by atoms with van der Waals surface area (Å²) in [5.74, 6) is 1.02. The third kappa shape index (κ3) is 3.79. The van der Waals surface area contributed by atoms with Gasteiger partial charge in [0.2, 0.25) is 5.91 Å². The van der Waals surface area contributed by atoms with Gasteiger partial charge in [-0.05, 0) is 48.9 Å². The van der Waals surface area contributed by atoms with Crippen molar-refractivity contribution in [3.8, 4) is 0 Å². The van der Waals surface area contributed by atoms with E-state index < -0.39 is 0 Å². The molecule has 1 saturated carbocycles. The van der Waals surface area contributed by atoms with Crippen LogP contribution in [0.2, 0.25) is 0 Å². The normalized spacial score (nSPS) is 25.6. The first kappa shape index (κ1) is 15.0. The van der Waals surface area contributed by atoms with Crippen LogP contribution in [0.4, 0.5) is 10.1 Å². The molecule has 3 nitrogen and oxygen atoms in total. The Morgan fingerprint density at radius 2 is 2.00 bits per heavy atom. The number of anilines is 1. The summed E-state index contributed by atoms with van der Waals surface area (Å²) < 4.78 is 12.8. The van der Waals surface area contributed by atoms with Crippen LogP contribution < -0.4 is 10.6 Å². The van der Waals surface area contributed by atoms with Crippen molar-refractivity contribution in [2.45, 2.75) is 39.2 Å². The molecular formula is C16H23FN2O. The Kier molecular flexibility index (Phi) is 5.12. The van der Waals surface area contributed by atoms with E-state index in [2.05, 4.69) is 24.5 Å². The maximum absolute atomic E-state index is 12.8. The Hall–Kier alpha value is -1.42. The predicted molar refractivity (Wildman–Crippen MR) is 79.0 cm³/mol. The van der Waals surface area contributed by atoms with Gasteiger partial charge in [-0.3, -0.25) is 4.79 Å². The molecule has 2 rings (SSSR count). The number of benzene rings is 1. The summed E-state index contributed by atoms with van der Waals surface area (Å²) in [5, 5.41) is 6.11. The fourth-order valence-corrected chi connectivity index (χ4v) is 3.07. The standard InChI is InChI=1S/C16H23FN2O/c1-3-12-4-9-15(11(12)2)18-10-16(20)19-14-7-5-13(17)6-8-14/h5-8,11-12,15,18H,3-4,9-10H2,1-2H3,(H,19,20). The fraction of sp³-hybridized carbons (Fsp3) is 0.562. The molecule has 0 bridgehead atoms. The van der Waals surface area contributed by atoms with Crippen LogP contribution in [-0.4, -0.2) is 18.5 Å². The third-order valence-electron chi connectivity index (χ3n) is 4.40. The molecule has 3 unspecified atom stereocenters. The van der Waals surface area contributed by atoms with Crippen molar-refractivity contribution >= 4 is 11.6 Å². The molecule has 1 aliphatic carbocycles. The second-order valence-electron chi connectivity index (χ2n) is 5.65. The zero-order valence-corrected chi connectivity index (χ0v) is 12.2. The van der Waals surface area contributed by atoms with Crippen LogP contribution in [0.15, 0.2) is 24.3 Å². The Morgan fingerprint density at radius 3 is 2.60 bits per heavy atom. The molecule has 0 aliphatic heterocycles. The molecule has 1 amide bonds. The molecule has 1 fully saturated rings. The largest absolute Gasteiger partial charge is 0.325 e. The van der Waals surface area contributed by atoms with Crippen LogP contribution in [0.25, 0.3) is 0 Å². The van der Waals surface area contributed by atoms with Crippen molar-refractivity contribution in [3.05, 3.63) is 30.1 Å². The molecule has 2 N–H and O–H groups in total. The number of carbonyl (C=O) groups is 1. The molecule has 0 spiro atoms. The van der Waals surface area contributed by atoms with E-state index in [1.165, 1.54) is 25.0 Å². The minimum atomic E-state index is -0.300. The molecular weight excluding hydrogens is 255 g/mol. The summed E-state index contributed by atoms with van der Waals surface area (Å²) in [5.41, 5.74) is 0.629. The lowest BCUT2D eigenvalue weighted by Crippen LogP contribution is -2.38. The van der Waals surface area contributed by atoms with Gasteiger partial charge in [-0.15, -0.1) is 0 Å². The van der Waals surface area contributed by atoms with E-state index in [0.717, 1.165) is 12.3 Å². The van der Waals surface area contributed by atoms with E-state index in [4.69, 9.17) is 0 Å². The molecule has 4 heteroatoms. The Labute approximate surface area is 120 Å². The second-order valence-corrected chi connectivity index (χ2v) is 5.65. The van der Waals surface area contributed by atoms with E-state index >= 15 is 0 Å². The second kappa shape index (κ2) is 6.84. The van der Waals surface area contributed by atoms with Gasteiger partial charge in [0.15, 0.2) is 0 Å². The van der Waals surface area contributed by atoms with Crippen LogP contribution in [0.3, 0.4) is 0 Å². The third-order valence-corrected chi connectivity index (χ3v) is 4.40. The van der Waals surface area contributed by atoms with Gasteiger partial charge >= 0.3 is 0 Å². The van der Waals surface area contributed by atoms with Crippen LogP contribution in [0, 0.1) is 17.7 Å². The maximum atomic E-state index is 12.8. The first-order valence-electron chi connectivity index (χ1n) is 7.39. The van der Waals surface area contributed by atoms with Crippen LogP contribution in [0.5, 0.6) is 0 Å². The highest BCUT2D eigenvalue weighted by molar-refractivity contribution is 5.92. The first-order valence-corrected chi connectivity index (χ1v) is 7.39. The van der Waals surface area contributed by atoms with Crippen molar-refractivity contribution in [1.29, 1.82) is 0 Å². The number of nitrogens with one attached hydrogen (secondary N) is 2. The van der Waals surface area contributed by atoms with Crippen LogP contribution in [-0.2, 0) is 4.79 Å². The highest BCUT2D eigenvalue weighted by atomic mass is 19.1. The highest BCUT2D eigenvalue weighted by Gasteiger charge is 2.31. The van der Waals surface area contributed by atoms with E-state index in [1.54, 1.807) is 12.1 Å². The van der Waals surface area contributed by atoms with Gasteiger partial charge in [-0.2, -0.15) is 0 Å². The minimum Gasteiger partial charge on any atom is -0.325 e. The molecule has 110 valence electrons. The zero-order chi connectivity index (χ0) is 14.5. The lowest BCUT2D eigenvalue weighted by Gasteiger charge is -2.20. The molecule has 0 radical (unpaired) electrons. The molecule has 20 heavy (non-hydrogen) atoms. The molecule has 1 aromatic carbocycles. The number of hydrogen-bond acceptors (Lipinski definition) is 2. The summed E-state index contributed by atoms with van der Waals surface area (Å²) in [7, 11) is 0. The monoisotopic (exact) mass is 278 g/mol. The molecule has 0 heterocycles. The molecule has 0 saturated heterocycles. The first-order chi connectivity index (χ1) is 9.60. The van der Waals surface area contributed by atoms with E-state index in [0.29, 0.717) is 24.2 Å². The molecule has 1 aromatic rings. The number of halogens is 1. The molecule has 1 aliphatic rings. The molecule has 3 atom stereocenters. The number of hydrogen-bond donors (Lipinski definition) is 2. The Balaban J connectivity index is 1.77. The van der Waals surface area contributed by atoms with Crippen LogP contribution in [0.1, 0.15) is 33.1 Å². The summed E-state index contributed by atoms with van der Waals surface area (Å²) in [6, 6.07) is 6.25. The van der Waals surface area contributed by atoms with Crippen molar-refractivity contribution < 1.29 is 9.18 Å². The topological polar surface area (TPSA) is 41.1 Å². The minimum absolute atomic E-state index is 0.0799. The summed E-state index contributed by atoms with van der Waals surface area (Å²) in [6.45, 7) is 4.80. The fourth-order valence-electron chi connectivity index (χ4n) is 3.07. The van der Waals surface area contributed by atoms with Gasteiger partial charge in [0.05, 0.1) is 6.54 Å². The summed E-state index contributed by atoms with van der Waals surface area (Å²) in [6.07, 6.45) is 3.60. The Morgan fingerprint density at radius 1 is 1.30 bits per heavy atom. The summed E-state index contributed by atoms with van der Waals surface area (Å²) >= 11 is 0. The zero-order valence-electron chi connectivity index (χ0n) is 12.2. The number of rotatable bonds is 5. The van der Waals surface area contributed by atoms with Gasteiger partial charge in [-0.25, -0.2) is 4.39 Å². The van der Waals surface area contributed by atoms with Gasteiger partial charge in [0, 0.05) is 11.7 Å². The van der Waals surface area contributed by atoms with Crippen molar-refractivity contribution in [2.75, 3.05) is 11.9 Å². The Bertz CT molecular complexity index is 446. The highest BCUT2D eigenvalue weighted by Crippen LogP contribution is 2.33. The smallest absolute Gasteiger partial charge is 0.238 e. The van der Waals surface area contributed by atoms with E-state index in [9.17, 15) is 9.18 Å². The van der Waals surface area contributed by atoms with Gasteiger partial charge in [0.1, 0.15) is 5.82 Å². The van der Waals surface area contributed by atoms with E-state index in [1.807, 2.05) is 0 Å². The summed E-state index contributed by atoms with van der Waals surface area (Å²) in [4.78, 5) is 11.8. The molecule has 0 aromatic heterocycles. The average molecular weight is 278 g/mol. The SMILES string of the molecule is CCC1CCC(NCC(=O)Nc2ccc(F)cc2)C1C. The quantitative estimate of drug-likeness (QED) is 0.868. The van der Waals surface area contributed by atoms with Gasteiger partial charge in [-0.1, -0.05) is 20.3 Å². The van der Waals surface area contributed by atoms with E-state index in [-0.39, 0.29) is 11.7 Å². The van der Waals surface area contributed by atoms with Crippen molar-refractivity contribution in [1.82, 2.24) is 5.32 Å². The van der Waals surface area contributed by atoms with Crippen molar-refractivity contribution in [3.63, 3.8) is 0 Å². The lowest BCUT2D eigenvalue weighted by molar-refractivity contribution is -0.115. The number of amides is 1.